The lowest BCUT2D eigenvalue weighted by Gasteiger charge is -2.34. The molecule has 1 atom stereocenters. The molecule has 0 fully saturated rings. The van der Waals surface area contributed by atoms with Crippen LogP contribution >= 0.6 is 15.9 Å². The van der Waals surface area contributed by atoms with E-state index in [-0.39, 0.29) is 18.9 Å². The minimum atomic E-state index is -4.51. The molecule has 0 heterocycles. The van der Waals surface area contributed by atoms with Crippen LogP contribution in [0.25, 0.3) is 0 Å². The average molecular weight is 475 g/mol. The molecule has 0 unspecified atom stereocenters. The van der Waals surface area contributed by atoms with E-state index in [9.17, 15) is 13.0 Å². The van der Waals surface area contributed by atoms with E-state index in [0.29, 0.717) is 17.1 Å². The molecule has 156 valence electrons. The summed E-state index contributed by atoms with van der Waals surface area (Å²) in [6.07, 6.45) is 4.86. The van der Waals surface area contributed by atoms with Gasteiger partial charge in [-0.15, -0.1) is 0 Å². The largest absolute Gasteiger partial charge is 0.493 e. The summed E-state index contributed by atoms with van der Waals surface area (Å²) in [5, 5.41) is 0. The Morgan fingerprint density at radius 1 is 1.18 bits per heavy atom. The highest BCUT2D eigenvalue weighted by Gasteiger charge is 2.45. The Labute approximate surface area is 175 Å². The molecule has 0 aromatic heterocycles. The first-order valence-corrected chi connectivity index (χ1v) is 11.3. The van der Waals surface area contributed by atoms with Crippen LogP contribution in [0.15, 0.2) is 40.4 Å². The van der Waals surface area contributed by atoms with Crippen molar-refractivity contribution in [2.45, 2.75) is 44.6 Å². The van der Waals surface area contributed by atoms with E-state index in [0.717, 1.165) is 22.9 Å². The zero-order chi connectivity index (χ0) is 20.9. The first-order valence-electron chi connectivity index (χ1n) is 9.11. The maximum atomic E-state index is 12.3. The van der Waals surface area contributed by atoms with Gasteiger partial charge in [0.25, 0.3) is 10.1 Å². The minimum absolute atomic E-state index is 0.0156. The molecule has 6 nitrogen and oxygen atoms in total. The molecule has 1 aromatic carbocycles. The van der Waals surface area contributed by atoms with Crippen LogP contribution in [0.1, 0.15) is 38.7 Å². The zero-order valence-corrected chi connectivity index (χ0v) is 19.0. The molecule has 8 heteroatoms. The second-order valence-electron chi connectivity index (χ2n) is 6.66. The fourth-order valence-corrected chi connectivity index (χ4v) is 4.75. The second kappa shape index (κ2) is 9.43. The van der Waals surface area contributed by atoms with Crippen LogP contribution in [0.2, 0.25) is 0 Å². The number of hydrogen-bond donors (Lipinski definition) is 1. The van der Waals surface area contributed by atoms with Crippen LogP contribution in [0, 0.1) is 5.92 Å². The van der Waals surface area contributed by atoms with Gasteiger partial charge in [0, 0.05) is 10.9 Å². The summed E-state index contributed by atoms with van der Waals surface area (Å²) in [4.78, 5) is -1.82. The number of hydrogen-bond acceptors (Lipinski definition) is 5. The van der Waals surface area contributed by atoms with E-state index in [1.807, 2.05) is 0 Å². The maximum absolute atomic E-state index is 12.3. The number of ether oxygens (including phenoxy) is 3. The molecule has 0 aliphatic heterocycles. The fourth-order valence-electron chi connectivity index (χ4n) is 3.36. The predicted octanol–water partition coefficient (Wildman–Crippen LogP) is 4.85. The van der Waals surface area contributed by atoms with Crippen molar-refractivity contribution in [2.75, 3.05) is 14.2 Å². The first kappa shape index (κ1) is 22.9. The molecule has 0 radical (unpaired) electrons. The van der Waals surface area contributed by atoms with Gasteiger partial charge in [0.2, 0.25) is 4.93 Å². The minimum Gasteiger partial charge on any atom is -0.493 e. The Morgan fingerprint density at radius 3 is 2.36 bits per heavy atom. The van der Waals surface area contributed by atoms with Crippen molar-refractivity contribution in [1.82, 2.24) is 0 Å². The molecule has 0 bridgehead atoms. The van der Waals surface area contributed by atoms with Crippen LogP contribution in [-0.4, -0.2) is 32.1 Å². The van der Waals surface area contributed by atoms with E-state index in [1.165, 1.54) is 20.3 Å². The van der Waals surface area contributed by atoms with Crippen molar-refractivity contribution in [3.63, 3.8) is 0 Å². The highest BCUT2D eigenvalue weighted by molar-refractivity contribution is 9.11. The lowest BCUT2D eigenvalue weighted by molar-refractivity contribution is 0.0303. The summed E-state index contributed by atoms with van der Waals surface area (Å²) in [7, 11) is -1.45. The standard InChI is InChI=1S/C20H27BrO6S/c1-5-15(6-2)16-12-20(28(22,23)24,10-9-17(16)21)27-13-14-7-8-18(25-3)19(11-14)26-4/h7-11,15H,5-6,12-13H2,1-4H3,(H,22,23,24)/t20-/m0/s1. The van der Waals surface area contributed by atoms with Crippen LogP contribution < -0.4 is 9.47 Å². The van der Waals surface area contributed by atoms with Gasteiger partial charge < -0.3 is 14.2 Å². The second-order valence-corrected chi connectivity index (χ2v) is 9.16. The van der Waals surface area contributed by atoms with Gasteiger partial charge >= 0.3 is 0 Å². The van der Waals surface area contributed by atoms with Gasteiger partial charge in [-0.1, -0.05) is 35.8 Å². The third-order valence-corrected chi connectivity index (χ3v) is 7.12. The lowest BCUT2D eigenvalue weighted by Crippen LogP contribution is -2.41. The summed E-state index contributed by atoms with van der Waals surface area (Å²) in [5.74, 6) is 1.28. The van der Waals surface area contributed by atoms with Gasteiger partial charge in [-0.05, 0) is 54.2 Å². The number of benzene rings is 1. The monoisotopic (exact) mass is 474 g/mol. The van der Waals surface area contributed by atoms with Crippen molar-refractivity contribution in [1.29, 1.82) is 0 Å². The maximum Gasteiger partial charge on any atom is 0.299 e. The SMILES string of the molecule is CCC(CC)C1=C(Br)C=C[C@](OCc2ccc(OC)c(OC)c2)(S(=O)(=O)O)C1. The summed E-state index contributed by atoms with van der Waals surface area (Å²) < 4.78 is 51.8. The third-order valence-electron chi connectivity index (χ3n) is 5.07. The Hall–Kier alpha value is -1.35. The van der Waals surface area contributed by atoms with Crippen molar-refractivity contribution in [3.05, 3.63) is 46.0 Å². The van der Waals surface area contributed by atoms with E-state index >= 15 is 0 Å². The van der Waals surface area contributed by atoms with E-state index in [1.54, 1.807) is 24.3 Å². The average Bonchev–Trinajstić information content (AvgIpc) is 2.68. The predicted molar refractivity (Wildman–Crippen MR) is 112 cm³/mol. The molecule has 1 N–H and O–H groups in total. The Morgan fingerprint density at radius 2 is 1.82 bits per heavy atom. The van der Waals surface area contributed by atoms with Gasteiger partial charge in [0.05, 0.1) is 20.8 Å². The molecule has 1 aromatic rings. The normalized spacial score (nSPS) is 20.0. The third kappa shape index (κ3) is 4.79. The van der Waals surface area contributed by atoms with Crippen LogP contribution in [0.4, 0.5) is 0 Å². The highest BCUT2D eigenvalue weighted by Crippen LogP contribution is 2.41. The number of rotatable bonds is 9. The van der Waals surface area contributed by atoms with Crippen molar-refractivity contribution in [3.8, 4) is 11.5 Å². The van der Waals surface area contributed by atoms with E-state index in [2.05, 4.69) is 29.8 Å². The molecule has 28 heavy (non-hydrogen) atoms. The number of methoxy groups -OCH3 is 2. The number of halogens is 1. The van der Waals surface area contributed by atoms with E-state index < -0.39 is 15.1 Å². The molecular weight excluding hydrogens is 448 g/mol. The summed E-state index contributed by atoms with van der Waals surface area (Å²) in [5.41, 5.74) is 1.63. The molecule has 0 saturated heterocycles. The van der Waals surface area contributed by atoms with Crippen molar-refractivity contribution in [2.24, 2.45) is 5.92 Å². The Kier molecular flexibility index (Phi) is 7.73. The Bertz CT molecular complexity index is 857. The molecule has 1 aliphatic rings. The summed E-state index contributed by atoms with van der Waals surface area (Å²) in [6, 6.07) is 5.20. The quantitative estimate of drug-likeness (QED) is 0.515. The molecule has 2 rings (SSSR count). The molecule has 1 aliphatic carbocycles. The lowest BCUT2D eigenvalue weighted by atomic mass is 9.87. The molecule has 0 saturated carbocycles. The fraction of sp³-hybridized carbons (Fsp3) is 0.500. The van der Waals surface area contributed by atoms with Gasteiger partial charge in [-0.2, -0.15) is 8.42 Å². The first-order chi connectivity index (χ1) is 13.2. The molecule has 0 spiro atoms. The zero-order valence-electron chi connectivity index (χ0n) is 16.6. The van der Waals surface area contributed by atoms with Crippen LogP contribution in [0.5, 0.6) is 11.5 Å². The molecular formula is C20H27BrO6S. The topological polar surface area (TPSA) is 82.1 Å². The molecule has 0 amide bonds. The Balaban J connectivity index is 2.33. The van der Waals surface area contributed by atoms with Gasteiger partial charge in [-0.3, -0.25) is 4.55 Å². The van der Waals surface area contributed by atoms with Crippen molar-refractivity contribution >= 4 is 26.0 Å². The van der Waals surface area contributed by atoms with Gasteiger partial charge in [0.1, 0.15) is 0 Å². The summed E-state index contributed by atoms with van der Waals surface area (Å²) in [6.45, 7) is 4.09. The van der Waals surface area contributed by atoms with Gasteiger partial charge in [0.15, 0.2) is 11.5 Å². The van der Waals surface area contributed by atoms with Crippen LogP contribution in [-0.2, 0) is 21.5 Å². The van der Waals surface area contributed by atoms with Gasteiger partial charge in [-0.25, -0.2) is 0 Å². The van der Waals surface area contributed by atoms with Crippen LogP contribution in [0.3, 0.4) is 0 Å². The van der Waals surface area contributed by atoms with Crippen molar-refractivity contribution < 1.29 is 27.2 Å². The number of allylic oxidation sites excluding steroid dienone is 2. The highest BCUT2D eigenvalue weighted by atomic mass is 79.9. The summed E-state index contributed by atoms with van der Waals surface area (Å²) >= 11 is 3.52. The smallest absolute Gasteiger partial charge is 0.299 e. The van der Waals surface area contributed by atoms with E-state index in [4.69, 9.17) is 14.2 Å².